The first-order chi connectivity index (χ1) is 16.8. The van der Waals surface area contributed by atoms with Gasteiger partial charge in [-0.2, -0.15) is 0 Å². The van der Waals surface area contributed by atoms with E-state index in [9.17, 15) is 17.8 Å². The van der Waals surface area contributed by atoms with Crippen LogP contribution in [0.2, 0.25) is 5.02 Å². The normalized spacial score (nSPS) is 15.2. The molecule has 35 heavy (non-hydrogen) atoms. The molecule has 1 amide bonds. The predicted molar refractivity (Wildman–Crippen MR) is 131 cm³/mol. The minimum absolute atomic E-state index is 0.0130. The minimum atomic E-state index is -1.93. The van der Waals surface area contributed by atoms with Crippen LogP contribution in [0.1, 0.15) is 40.2 Å². The second-order valence-corrected chi connectivity index (χ2v) is 9.84. The summed E-state index contributed by atoms with van der Waals surface area (Å²) in [5.41, 5.74) is 2.62. The zero-order valence-electron chi connectivity index (χ0n) is 19.2. The van der Waals surface area contributed by atoms with Gasteiger partial charge in [-0.15, -0.1) is 0 Å². The van der Waals surface area contributed by atoms with Crippen LogP contribution in [0.3, 0.4) is 0 Å². The topological polar surface area (TPSA) is 71.5 Å². The number of benzene rings is 2. The third-order valence-corrected chi connectivity index (χ3v) is 7.51. The molecule has 1 unspecified atom stereocenters. The van der Waals surface area contributed by atoms with E-state index in [0.717, 1.165) is 18.4 Å². The van der Waals surface area contributed by atoms with E-state index in [0.29, 0.717) is 24.3 Å². The minimum Gasteiger partial charge on any atom is -0.353 e. The van der Waals surface area contributed by atoms with E-state index in [2.05, 4.69) is 10.3 Å². The van der Waals surface area contributed by atoms with Gasteiger partial charge in [0.2, 0.25) is 11.1 Å². The van der Waals surface area contributed by atoms with Crippen LogP contribution in [0.15, 0.2) is 53.7 Å². The zero-order valence-corrected chi connectivity index (χ0v) is 20.8. The number of hydrogen-bond acceptors (Lipinski definition) is 5. The lowest BCUT2D eigenvalue weighted by Crippen LogP contribution is -2.38. The SMILES string of the molecule is COS(=O)c1ncc(C(=O)N2CCC(c3ccc(F)cc3)CC2)c(Nc2ccc(F)cc2C)c1Cl. The van der Waals surface area contributed by atoms with Crippen LogP contribution in [0, 0.1) is 18.6 Å². The molecule has 1 fully saturated rings. The number of carbonyl (C=O) groups excluding carboxylic acids is 1. The van der Waals surface area contributed by atoms with Gasteiger partial charge in [-0.05, 0) is 67.1 Å². The lowest BCUT2D eigenvalue weighted by Gasteiger charge is -2.33. The van der Waals surface area contributed by atoms with Gasteiger partial charge < -0.3 is 10.2 Å². The molecule has 3 aromatic rings. The summed E-state index contributed by atoms with van der Waals surface area (Å²) in [5, 5.41) is 3.07. The zero-order chi connectivity index (χ0) is 25.1. The highest BCUT2D eigenvalue weighted by Crippen LogP contribution is 2.36. The Labute approximate surface area is 209 Å². The molecule has 1 atom stereocenters. The van der Waals surface area contributed by atoms with Crippen molar-refractivity contribution < 1.29 is 22.0 Å². The van der Waals surface area contributed by atoms with Crippen molar-refractivity contribution in [1.29, 1.82) is 0 Å². The molecule has 2 heterocycles. The highest BCUT2D eigenvalue weighted by molar-refractivity contribution is 7.80. The van der Waals surface area contributed by atoms with Crippen molar-refractivity contribution in [1.82, 2.24) is 9.88 Å². The average molecular weight is 520 g/mol. The van der Waals surface area contributed by atoms with E-state index in [4.69, 9.17) is 15.8 Å². The molecule has 0 aliphatic carbocycles. The predicted octanol–water partition coefficient (Wildman–Crippen LogP) is 5.75. The first-order valence-corrected chi connectivity index (χ1v) is 12.5. The van der Waals surface area contributed by atoms with Crippen LogP contribution < -0.4 is 5.32 Å². The Balaban J connectivity index is 1.61. The molecule has 184 valence electrons. The number of rotatable bonds is 6. The van der Waals surface area contributed by atoms with Gasteiger partial charge in [0.1, 0.15) is 16.7 Å². The number of anilines is 2. The monoisotopic (exact) mass is 519 g/mol. The summed E-state index contributed by atoms with van der Waals surface area (Å²) < 4.78 is 44.0. The molecule has 1 N–H and O–H groups in total. The Morgan fingerprint density at radius 3 is 2.43 bits per heavy atom. The van der Waals surface area contributed by atoms with Crippen LogP contribution >= 0.6 is 11.6 Å². The number of carbonyl (C=O) groups is 1. The molecule has 6 nitrogen and oxygen atoms in total. The first kappa shape index (κ1) is 25.2. The van der Waals surface area contributed by atoms with Crippen LogP contribution in [0.25, 0.3) is 0 Å². The molecule has 0 radical (unpaired) electrons. The number of piperidine rings is 1. The number of aromatic nitrogens is 1. The molecule has 10 heteroatoms. The number of aryl methyl sites for hydroxylation is 1. The maximum atomic E-state index is 13.6. The molecule has 1 saturated heterocycles. The van der Waals surface area contributed by atoms with Gasteiger partial charge in [-0.1, -0.05) is 23.7 Å². The van der Waals surface area contributed by atoms with Gasteiger partial charge in [0.15, 0.2) is 5.03 Å². The third kappa shape index (κ3) is 5.52. The quantitative estimate of drug-likeness (QED) is 0.448. The first-order valence-electron chi connectivity index (χ1n) is 11.0. The number of pyridine rings is 1. The van der Waals surface area contributed by atoms with Gasteiger partial charge in [-0.25, -0.2) is 18.0 Å². The summed E-state index contributed by atoms with van der Waals surface area (Å²) >= 11 is 4.62. The Kier molecular flexibility index (Phi) is 7.78. The molecule has 1 aliphatic rings. The lowest BCUT2D eigenvalue weighted by atomic mass is 9.89. The fourth-order valence-corrected chi connectivity index (χ4v) is 5.10. The summed E-state index contributed by atoms with van der Waals surface area (Å²) in [6.07, 6.45) is 2.78. The third-order valence-electron chi connectivity index (χ3n) is 6.10. The second-order valence-electron chi connectivity index (χ2n) is 8.27. The summed E-state index contributed by atoms with van der Waals surface area (Å²) in [6, 6.07) is 10.6. The molecule has 0 saturated carbocycles. The van der Waals surface area contributed by atoms with Gasteiger partial charge >= 0.3 is 0 Å². The van der Waals surface area contributed by atoms with E-state index < -0.39 is 16.9 Å². The van der Waals surface area contributed by atoms with Gasteiger partial charge in [-0.3, -0.25) is 8.98 Å². The van der Waals surface area contributed by atoms with Crippen LogP contribution in [0.4, 0.5) is 20.2 Å². The standard InChI is InChI=1S/C25H24ClF2N3O3S/c1-15-13-19(28)7-8-21(15)30-23-20(14-29-24(22(23)26)35(33)34-2)25(32)31-11-9-17(10-12-31)16-3-5-18(27)6-4-16/h3-8,13-14,17H,9-12H2,1-2H3,(H,29,30). The fourth-order valence-electron chi connectivity index (χ4n) is 4.17. The summed E-state index contributed by atoms with van der Waals surface area (Å²) in [4.78, 5) is 19.4. The van der Waals surface area contributed by atoms with Crippen molar-refractivity contribution in [3.8, 4) is 0 Å². The molecule has 1 aliphatic heterocycles. The number of halogens is 3. The molecule has 4 rings (SSSR count). The summed E-state index contributed by atoms with van der Waals surface area (Å²) in [7, 11) is 1.26. The fraction of sp³-hybridized carbons (Fsp3) is 0.280. The Morgan fingerprint density at radius 2 is 1.80 bits per heavy atom. The van der Waals surface area contributed by atoms with Crippen LogP contribution in [0.5, 0.6) is 0 Å². The largest absolute Gasteiger partial charge is 0.353 e. The molecular weight excluding hydrogens is 496 g/mol. The Morgan fingerprint density at radius 1 is 1.14 bits per heavy atom. The van der Waals surface area contributed by atoms with E-state index in [1.807, 2.05) is 0 Å². The molecule has 2 aromatic carbocycles. The van der Waals surface area contributed by atoms with Crippen molar-refractivity contribution in [2.75, 3.05) is 25.5 Å². The van der Waals surface area contributed by atoms with Gasteiger partial charge in [0, 0.05) is 25.0 Å². The Bertz CT molecular complexity index is 1270. The maximum Gasteiger partial charge on any atom is 0.257 e. The van der Waals surface area contributed by atoms with E-state index in [1.54, 1.807) is 24.0 Å². The molecular formula is C25H24ClF2N3O3S. The van der Waals surface area contributed by atoms with Gasteiger partial charge in [0.25, 0.3) is 5.91 Å². The van der Waals surface area contributed by atoms with Crippen LogP contribution in [-0.2, 0) is 15.3 Å². The van der Waals surface area contributed by atoms with Crippen molar-refractivity contribution in [2.45, 2.75) is 30.7 Å². The van der Waals surface area contributed by atoms with Crippen molar-refractivity contribution in [2.24, 2.45) is 0 Å². The van der Waals surface area contributed by atoms with Crippen LogP contribution in [-0.4, -0.2) is 40.2 Å². The number of amides is 1. The molecule has 1 aromatic heterocycles. The van der Waals surface area contributed by atoms with Crippen molar-refractivity contribution in [3.05, 3.63) is 82.0 Å². The van der Waals surface area contributed by atoms with Crippen molar-refractivity contribution in [3.63, 3.8) is 0 Å². The Hall–Kier alpha value is -2.88. The number of nitrogens with zero attached hydrogens (tertiary/aromatic N) is 2. The van der Waals surface area contributed by atoms with E-state index in [1.165, 1.54) is 43.6 Å². The van der Waals surface area contributed by atoms with Gasteiger partial charge in [0.05, 0.1) is 18.4 Å². The summed E-state index contributed by atoms with van der Waals surface area (Å²) in [6.45, 7) is 2.72. The average Bonchev–Trinajstić information content (AvgIpc) is 2.86. The number of hydrogen-bond donors (Lipinski definition) is 1. The molecule has 0 bridgehead atoms. The van der Waals surface area contributed by atoms with E-state index in [-0.39, 0.29) is 38.9 Å². The second kappa shape index (κ2) is 10.8. The maximum absolute atomic E-state index is 13.6. The molecule has 0 spiro atoms. The summed E-state index contributed by atoms with van der Waals surface area (Å²) in [5.74, 6) is -0.725. The van der Waals surface area contributed by atoms with E-state index >= 15 is 0 Å². The number of nitrogens with one attached hydrogen (secondary N) is 1. The smallest absolute Gasteiger partial charge is 0.257 e. The highest BCUT2D eigenvalue weighted by atomic mass is 35.5. The highest BCUT2D eigenvalue weighted by Gasteiger charge is 2.29. The lowest BCUT2D eigenvalue weighted by molar-refractivity contribution is 0.0713. The number of likely N-dealkylation sites (tertiary alicyclic amines) is 1. The van der Waals surface area contributed by atoms with Crippen molar-refractivity contribution >= 4 is 40.0 Å².